The van der Waals surface area contributed by atoms with Crippen LogP contribution < -0.4 is 0 Å². The van der Waals surface area contributed by atoms with Crippen LogP contribution in [0.15, 0.2) is 22.8 Å². The van der Waals surface area contributed by atoms with E-state index in [0.29, 0.717) is 17.4 Å². The van der Waals surface area contributed by atoms with Gasteiger partial charge >= 0.3 is 0 Å². The molecule has 5 atom stereocenters. The van der Waals surface area contributed by atoms with Crippen molar-refractivity contribution in [1.29, 1.82) is 0 Å². The van der Waals surface area contributed by atoms with Crippen LogP contribution >= 0.6 is 0 Å². The smallest absolute Gasteiger partial charge is 0.192 e. The molecule has 3 nitrogen and oxygen atoms in total. The summed E-state index contributed by atoms with van der Waals surface area (Å²) < 4.78 is 5.95. The van der Waals surface area contributed by atoms with E-state index in [9.17, 15) is 9.90 Å². The van der Waals surface area contributed by atoms with Gasteiger partial charge in [-0.05, 0) is 55.4 Å². The van der Waals surface area contributed by atoms with E-state index in [2.05, 4.69) is 27.7 Å². The molecule has 0 aromatic carbocycles. The van der Waals surface area contributed by atoms with Crippen LogP contribution in [0, 0.1) is 22.7 Å². The highest BCUT2D eigenvalue weighted by molar-refractivity contribution is 5.76. The third-order valence-corrected chi connectivity index (χ3v) is 7.41. The van der Waals surface area contributed by atoms with Crippen molar-refractivity contribution in [1.82, 2.24) is 0 Å². The molecule has 0 aromatic rings. The fourth-order valence-corrected chi connectivity index (χ4v) is 5.85. The molecule has 0 amide bonds. The molecule has 2 fully saturated rings. The Hall–Kier alpha value is -0.930. The Morgan fingerprint density at radius 1 is 1.30 bits per heavy atom. The lowest BCUT2D eigenvalue weighted by Gasteiger charge is -2.57. The molecule has 1 saturated heterocycles. The summed E-state index contributed by atoms with van der Waals surface area (Å²) in [5.41, 5.74) is 3.77. The number of hydrogen-bond acceptors (Lipinski definition) is 3. The maximum atomic E-state index is 11.4. The molecule has 0 spiro atoms. The summed E-state index contributed by atoms with van der Waals surface area (Å²) in [7, 11) is 0. The Balaban J connectivity index is 1.86. The van der Waals surface area contributed by atoms with Gasteiger partial charge < -0.3 is 9.84 Å². The number of carbonyl (C=O) groups excluding carboxylic acids is 1. The van der Waals surface area contributed by atoms with Crippen LogP contribution in [0.4, 0.5) is 0 Å². The number of ether oxygens (including phenoxy) is 1. The van der Waals surface area contributed by atoms with Crippen LogP contribution in [0.3, 0.4) is 0 Å². The number of allylic oxidation sites excluding steroid dienone is 2. The van der Waals surface area contributed by atoms with Crippen LogP contribution in [0.1, 0.15) is 59.8 Å². The number of aldehydes is 1. The van der Waals surface area contributed by atoms with Crippen molar-refractivity contribution in [2.45, 2.75) is 71.7 Å². The van der Waals surface area contributed by atoms with Crippen molar-refractivity contribution in [3.8, 4) is 0 Å². The van der Waals surface area contributed by atoms with Crippen LogP contribution in [-0.2, 0) is 9.53 Å². The van der Waals surface area contributed by atoms with Crippen LogP contribution in [0.2, 0.25) is 0 Å². The third kappa shape index (κ3) is 1.81. The fraction of sp³-hybridized carbons (Fsp3) is 0.750. The van der Waals surface area contributed by atoms with Gasteiger partial charge in [-0.25, -0.2) is 0 Å². The first kappa shape index (κ1) is 15.6. The summed E-state index contributed by atoms with van der Waals surface area (Å²) in [4.78, 5) is 11.4. The first-order valence-electron chi connectivity index (χ1n) is 9.06. The zero-order valence-corrected chi connectivity index (χ0v) is 14.7. The molecule has 2 aliphatic carbocycles. The highest BCUT2D eigenvalue weighted by Gasteiger charge is 2.65. The molecule has 4 aliphatic rings. The molecule has 23 heavy (non-hydrogen) atoms. The normalized spacial score (nSPS) is 48.3. The number of hydrogen-bond donors (Lipinski definition) is 1. The predicted molar refractivity (Wildman–Crippen MR) is 88.6 cm³/mol. The van der Waals surface area contributed by atoms with Crippen molar-refractivity contribution in [3.05, 3.63) is 22.8 Å². The molecule has 126 valence electrons. The van der Waals surface area contributed by atoms with Crippen molar-refractivity contribution in [2.75, 3.05) is 0 Å². The molecule has 0 aromatic heterocycles. The molecule has 2 heterocycles. The van der Waals surface area contributed by atoms with Crippen LogP contribution in [0.25, 0.3) is 0 Å². The van der Waals surface area contributed by atoms with E-state index in [0.717, 1.165) is 25.5 Å². The first-order valence-corrected chi connectivity index (χ1v) is 9.06. The van der Waals surface area contributed by atoms with Gasteiger partial charge in [0.25, 0.3) is 0 Å². The van der Waals surface area contributed by atoms with E-state index < -0.39 is 5.79 Å². The van der Waals surface area contributed by atoms with E-state index >= 15 is 0 Å². The van der Waals surface area contributed by atoms with E-state index in [4.69, 9.17) is 4.74 Å². The highest BCUT2D eigenvalue weighted by atomic mass is 16.6. The molecule has 0 radical (unpaired) electrons. The molecular weight excluding hydrogens is 288 g/mol. The maximum Gasteiger partial charge on any atom is 0.192 e. The van der Waals surface area contributed by atoms with E-state index in [1.165, 1.54) is 12.8 Å². The molecule has 1 unspecified atom stereocenters. The Bertz CT molecular complexity index is 631. The zero-order chi connectivity index (χ0) is 16.6. The molecular formula is C20H28O3. The minimum atomic E-state index is -1.28. The van der Waals surface area contributed by atoms with Crippen molar-refractivity contribution < 1.29 is 14.6 Å². The number of carbonyl (C=O) groups is 1. The molecule has 4 rings (SSSR count). The minimum absolute atomic E-state index is 0.237. The molecule has 1 saturated carbocycles. The molecule has 3 heteroatoms. The lowest BCUT2D eigenvalue weighted by Crippen LogP contribution is -2.58. The van der Waals surface area contributed by atoms with Gasteiger partial charge in [0.2, 0.25) is 0 Å². The van der Waals surface area contributed by atoms with E-state index in [1.54, 1.807) is 17.2 Å². The summed E-state index contributed by atoms with van der Waals surface area (Å²) in [6.45, 7) is 9.16. The second-order valence-electron chi connectivity index (χ2n) is 8.93. The summed E-state index contributed by atoms with van der Waals surface area (Å²) >= 11 is 0. The van der Waals surface area contributed by atoms with Crippen LogP contribution in [0.5, 0.6) is 0 Å². The van der Waals surface area contributed by atoms with Crippen LogP contribution in [-0.4, -0.2) is 23.3 Å². The second kappa shape index (κ2) is 4.58. The topological polar surface area (TPSA) is 46.5 Å². The summed E-state index contributed by atoms with van der Waals surface area (Å²) in [5, 5.41) is 11.2. The summed E-state index contributed by atoms with van der Waals surface area (Å²) in [6.07, 6.45) is 7.66. The van der Waals surface area contributed by atoms with Gasteiger partial charge in [-0.15, -0.1) is 0 Å². The Morgan fingerprint density at radius 2 is 2.04 bits per heavy atom. The largest absolute Gasteiger partial charge is 0.362 e. The van der Waals surface area contributed by atoms with Gasteiger partial charge in [0.1, 0.15) is 6.29 Å². The minimum Gasteiger partial charge on any atom is -0.362 e. The third-order valence-electron chi connectivity index (χ3n) is 7.41. The predicted octanol–water partition coefficient (Wildman–Crippen LogP) is 3.77. The standard InChI is InChI=1S/C20H28O3/c1-12(2)14-5-6-18(3)7-8-19(4)15(17(14)18)9-16-13(11-21)10-20(19,22)23-16/h10-12,15-16,22H,5-9H2,1-4H3/t15-,16-,18-,19-,20?/m1/s1. The highest BCUT2D eigenvalue weighted by Crippen LogP contribution is 2.67. The molecule has 1 N–H and O–H groups in total. The van der Waals surface area contributed by atoms with Gasteiger partial charge in [0.15, 0.2) is 5.79 Å². The number of fused-ring (bicyclic) bond motifs is 6. The van der Waals surface area contributed by atoms with Gasteiger partial charge in [-0.2, -0.15) is 0 Å². The van der Waals surface area contributed by atoms with Gasteiger partial charge in [-0.1, -0.05) is 38.8 Å². The SMILES string of the molecule is CC(C)C1=C2[C@H]3C[C@H]4OC(O)(C=C4C=O)[C@]3(C)CC[C@@]2(C)CC1. The Kier molecular flexibility index (Phi) is 3.10. The van der Waals surface area contributed by atoms with Gasteiger partial charge in [-0.3, -0.25) is 4.79 Å². The van der Waals surface area contributed by atoms with E-state index in [1.807, 2.05) is 0 Å². The van der Waals surface area contributed by atoms with Crippen molar-refractivity contribution in [2.24, 2.45) is 22.7 Å². The lowest BCUT2D eigenvalue weighted by atomic mass is 9.52. The zero-order valence-electron chi connectivity index (χ0n) is 14.7. The summed E-state index contributed by atoms with van der Waals surface area (Å²) in [6, 6.07) is 0. The monoisotopic (exact) mass is 316 g/mol. The summed E-state index contributed by atoms with van der Waals surface area (Å²) in [5.74, 6) is -0.406. The van der Waals surface area contributed by atoms with E-state index in [-0.39, 0.29) is 16.9 Å². The van der Waals surface area contributed by atoms with Crippen molar-refractivity contribution in [3.63, 3.8) is 0 Å². The Labute approximate surface area is 138 Å². The maximum absolute atomic E-state index is 11.4. The fourth-order valence-electron chi connectivity index (χ4n) is 5.85. The second-order valence-corrected chi connectivity index (χ2v) is 8.93. The first-order chi connectivity index (χ1) is 10.7. The number of aliphatic hydroxyl groups is 1. The quantitative estimate of drug-likeness (QED) is 0.623. The average molecular weight is 316 g/mol. The molecule has 2 aliphatic heterocycles. The molecule has 2 bridgehead atoms. The van der Waals surface area contributed by atoms with Gasteiger partial charge in [0, 0.05) is 11.0 Å². The lowest BCUT2D eigenvalue weighted by molar-refractivity contribution is -0.288. The Morgan fingerprint density at radius 3 is 2.70 bits per heavy atom. The number of rotatable bonds is 2. The van der Waals surface area contributed by atoms with Crippen molar-refractivity contribution >= 4 is 6.29 Å². The van der Waals surface area contributed by atoms with Gasteiger partial charge in [0.05, 0.1) is 6.10 Å². The average Bonchev–Trinajstić information content (AvgIpc) is 2.98.